The number of para-hydroxylation sites is 2. The highest BCUT2D eigenvalue weighted by Crippen LogP contribution is 2.38. The summed E-state index contributed by atoms with van der Waals surface area (Å²) in [4.78, 5) is 11.1. The maximum atomic E-state index is 11.4. The Labute approximate surface area is 122 Å². The molecule has 21 heavy (non-hydrogen) atoms. The van der Waals surface area contributed by atoms with E-state index in [0.29, 0.717) is 5.75 Å². The van der Waals surface area contributed by atoms with Gasteiger partial charge in [0.1, 0.15) is 11.8 Å². The third kappa shape index (κ3) is 2.33. The fourth-order valence-electron chi connectivity index (χ4n) is 2.53. The molecule has 1 atom stereocenters. The van der Waals surface area contributed by atoms with E-state index >= 15 is 0 Å². The van der Waals surface area contributed by atoms with Gasteiger partial charge in [-0.05, 0) is 12.1 Å². The van der Waals surface area contributed by atoms with Gasteiger partial charge in [-0.15, -0.1) is 0 Å². The number of nitrogens with one attached hydrogen (secondary N) is 1. The van der Waals surface area contributed by atoms with Crippen LogP contribution in [0, 0.1) is 10.1 Å². The number of anilines is 1. The molecule has 0 aromatic heterocycles. The Bertz CT molecular complexity index is 725. The van der Waals surface area contributed by atoms with Crippen LogP contribution in [-0.4, -0.2) is 12.0 Å². The molecule has 0 bridgehead atoms. The van der Waals surface area contributed by atoms with Crippen LogP contribution in [0.1, 0.15) is 17.2 Å². The van der Waals surface area contributed by atoms with Crippen LogP contribution >= 0.6 is 0 Å². The zero-order chi connectivity index (χ0) is 14.8. The first kappa shape index (κ1) is 13.2. The average Bonchev–Trinajstić information content (AvgIpc) is 2.53. The molecule has 0 aliphatic carbocycles. The predicted molar refractivity (Wildman–Crippen MR) is 80.8 cm³/mol. The van der Waals surface area contributed by atoms with Gasteiger partial charge in [-0.1, -0.05) is 36.4 Å². The Morgan fingerprint density at radius 2 is 1.86 bits per heavy atom. The summed E-state index contributed by atoms with van der Waals surface area (Å²) in [6.45, 7) is 0. The van der Waals surface area contributed by atoms with Crippen molar-refractivity contribution < 1.29 is 9.66 Å². The van der Waals surface area contributed by atoms with Gasteiger partial charge in [0.2, 0.25) is 0 Å². The second-order valence-corrected chi connectivity index (χ2v) is 4.73. The summed E-state index contributed by atoms with van der Waals surface area (Å²) in [7, 11) is 1.56. The number of ether oxygens (including phenoxy) is 1. The number of hydrogen-bond donors (Lipinski definition) is 1. The molecule has 0 saturated heterocycles. The quantitative estimate of drug-likeness (QED) is 0.691. The molecule has 106 valence electrons. The van der Waals surface area contributed by atoms with E-state index in [1.807, 2.05) is 42.5 Å². The van der Waals surface area contributed by atoms with Gasteiger partial charge in [-0.2, -0.15) is 0 Å². The third-order valence-corrected chi connectivity index (χ3v) is 3.52. The lowest BCUT2D eigenvalue weighted by atomic mass is 9.96. The fourth-order valence-corrected chi connectivity index (χ4v) is 2.53. The number of methoxy groups -OCH3 is 1. The first-order valence-electron chi connectivity index (χ1n) is 6.55. The van der Waals surface area contributed by atoms with E-state index in [2.05, 4.69) is 5.32 Å². The Morgan fingerprint density at radius 3 is 2.62 bits per heavy atom. The lowest BCUT2D eigenvalue weighted by Gasteiger charge is -2.24. The van der Waals surface area contributed by atoms with Gasteiger partial charge in [0.25, 0.3) is 5.70 Å². The van der Waals surface area contributed by atoms with Crippen LogP contribution < -0.4 is 10.1 Å². The number of rotatable bonds is 3. The number of hydrogen-bond acceptors (Lipinski definition) is 4. The molecule has 3 rings (SSSR count). The number of nitrogens with zero attached hydrogens (tertiary/aromatic N) is 1. The second kappa shape index (κ2) is 5.28. The van der Waals surface area contributed by atoms with Crippen molar-refractivity contribution in [1.82, 2.24) is 0 Å². The number of nitro groups is 1. The molecule has 1 heterocycles. The summed E-state index contributed by atoms with van der Waals surface area (Å²) in [5.74, 6) is 0.627. The SMILES string of the molecule is COc1ccccc1[C@@H]1Nc2ccccc2C=C1[N+](=O)[O-]. The van der Waals surface area contributed by atoms with Crippen molar-refractivity contribution in [3.63, 3.8) is 0 Å². The van der Waals surface area contributed by atoms with E-state index in [-0.39, 0.29) is 10.6 Å². The van der Waals surface area contributed by atoms with E-state index in [1.54, 1.807) is 19.3 Å². The lowest BCUT2D eigenvalue weighted by molar-refractivity contribution is -0.427. The second-order valence-electron chi connectivity index (χ2n) is 4.73. The number of fused-ring (bicyclic) bond motifs is 1. The maximum absolute atomic E-state index is 11.4. The summed E-state index contributed by atoms with van der Waals surface area (Å²) >= 11 is 0. The Hall–Kier alpha value is -2.82. The van der Waals surface area contributed by atoms with Crippen molar-refractivity contribution in [3.05, 3.63) is 75.5 Å². The van der Waals surface area contributed by atoms with E-state index in [1.165, 1.54) is 0 Å². The summed E-state index contributed by atoms with van der Waals surface area (Å²) in [6, 6.07) is 14.3. The van der Waals surface area contributed by atoms with Crippen molar-refractivity contribution in [2.24, 2.45) is 0 Å². The van der Waals surface area contributed by atoms with E-state index in [4.69, 9.17) is 4.74 Å². The van der Waals surface area contributed by atoms with Crippen molar-refractivity contribution in [1.29, 1.82) is 0 Å². The summed E-state index contributed by atoms with van der Waals surface area (Å²) in [5, 5.41) is 14.6. The first-order chi connectivity index (χ1) is 10.2. The number of benzene rings is 2. The smallest absolute Gasteiger partial charge is 0.273 e. The topological polar surface area (TPSA) is 64.4 Å². The third-order valence-electron chi connectivity index (χ3n) is 3.52. The van der Waals surface area contributed by atoms with Crippen molar-refractivity contribution in [2.45, 2.75) is 6.04 Å². The molecule has 0 fully saturated rings. The normalized spacial score (nSPS) is 16.4. The molecule has 0 spiro atoms. The van der Waals surface area contributed by atoms with Crippen LogP contribution in [0.15, 0.2) is 54.2 Å². The Morgan fingerprint density at radius 1 is 1.14 bits per heavy atom. The molecule has 0 saturated carbocycles. The monoisotopic (exact) mass is 282 g/mol. The molecule has 1 aliphatic rings. The Kier molecular flexibility index (Phi) is 3.31. The molecule has 2 aromatic rings. The molecule has 0 radical (unpaired) electrons. The zero-order valence-corrected chi connectivity index (χ0v) is 11.4. The van der Waals surface area contributed by atoms with Gasteiger partial charge in [0, 0.05) is 22.9 Å². The van der Waals surface area contributed by atoms with Crippen molar-refractivity contribution in [2.75, 3.05) is 12.4 Å². The highest BCUT2D eigenvalue weighted by molar-refractivity contribution is 5.73. The van der Waals surface area contributed by atoms with Gasteiger partial charge < -0.3 is 10.1 Å². The summed E-state index contributed by atoms with van der Waals surface area (Å²) < 4.78 is 5.32. The van der Waals surface area contributed by atoms with Crippen LogP contribution in [0.25, 0.3) is 6.08 Å². The van der Waals surface area contributed by atoms with Gasteiger partial charge in [-0.25, -0.2) is 0 Å². The van der Waals surface area contributed by atoms with Crippen molar-refractivity contribution >= 4 is 11.8 Å². The molecule has 0 amide bonds. The van der Waals surface area contributed by atoms with E-state index in [0.717, 1.165) is 16.8 Å². The molecule has 2 aromatic carbocycles. The van der Waals surface area contributed by atoms with Crippen LogP contribution in [0.3, 0.4) is 0 Å². The average molecular weight is 282 g/mol. The zero-order valence-electron chi connectivity index (χ0n) is 11.4. The molecule has 0 unspecified atom stereocenters. The molecule has 1 N–H and O–H groups in total. The van der Waals surface area contributed by atoms with Crippen LogP contribution in [0.2, 0.25) is 0 Å². The van der Waals surface area contributed by atoms with Crippen LogP contribution in [-0.2, 0) is 0 Å². The minimum atomic E-state index is -0.536. The van der Waals surface area contributed by atoms with E-state index in [9.17, 15) is 10.1 Å². The molecular formula is C16H14N2O3. The molecule has 5 nitrogen and oxygen atoms in total. The summed E-state index contributed by atoms with van der Waals surface area (Å²) in [5.41, 5.74) is 2.55. The summed E-state index contributed by atoms with van der Waals surface area (Å²) in [6.07, 6.45) is 1.61. The fraction of sp³-hybridized carbons (Fsp3) is 0.125. The molecule has 1 aliphatic heterocycles. The maximum Gasteiger partial charge on any atom is 0.273 e. The Balaban J connectivity index is 2.13. The van der Waals surface area contributed by atoms with Crippen molar-refractivity contribution in [3.8, 4) is 5.75 Å². The predicted octanol–water partition coefficient (Wildman–Crippen LogP) is 3.48. The standard InChI is InChI=1S/C16H14N2O3/c1-21-15-9-5-3-7-12(15)16-14(18(19)20)10-11-6-2-4-8-13(11)17-16/h2-10,16-17H,1H3/t16-/m0/s1. The van der Waals surface area contributed by atoms with Crippen LogP contribution in [0.5, 0.6) is 5.75 Å². The van der Waals surface area contributed by atoms with Gasteiger partial charge in [0.05, 0.1) is 12.0 Å². The highest BCUT2D eigenvalue weighted by atomic mass is 16.6. The lowest BCUT2D eigenvalue weighted by Crippen LogP contribution is -2.22. The van der Waals surface area contributed by atoms with E-state index < -0.39 is 6.04 Å². The van der Waals surface area contributed by atoms with Gasteiger partial charge in [0.15, 0.2) is 0 Å². The minimum Gasteiger partial charge on any atom is -0.496 e. The molecular weight excluding hydrogens is 268 g/mol. The largest absolute Gasteiger partial charge is 0.496 e. The van der Waals surface area contributed by atoms with Gasteiger partial charge in [-0.3, -0.25) is 10.1 Å². The first-order valence-corrected chi connectivity index (χ1v) is 6.55. The minimum absolute atomic E-state index is 0.109. The van der Waals surface area contributed by atoms with Crippen LogP contribution in [0.4, 0.5) is 5.69 Å². The van der Waals surface area contributed by atoms with Gasteiger partial charge >= 0.3 is 0 Å². The highest BCUT2D eigenvalue weighted by Gasteiger charge is 2.32. The molecule has 5 heteroatoms.